The summed E-state index contributed by atoms with van der Waals surface area (Å²) in [6, 6.07) is 9.59. The molecule has 1 aromatic carbocycles. The van der Waals surface area contributed by atoms with Crippen LogP contribution in [0, 0.1) is 27.7 Å². The van der Waals surface area contributed by atoms with Gasteiger partial charge in [-0.15, -0.1) is 11.8 Å². The molecule has 0 aliphatic carbocycles. The lowest BCUT2D eigenvalue weighted by Crippen LogP contribution is -2.09. The van der Waals surface area contributed by atoms with E-state index in [9.17, 15) is 9.90 Å². The van der Waals surface area contributed by atoms with Gasteiger partial charge in [-0.2, -0.15) is 9.78 Å². The summed E-state index contributed by atoms with van der Waals surface area (Å²) in [5.74, 6) is -1.06. The van der Waals surface area contributed by atoms with Crippen LogP contribution in [0.1, 0.15) is 47.0 Å². The lowest BCUT2D eigenvalue weighted by molar-refractivity contribution is 0.0688. The molecule has 0 radical (unpaired) electrons. The number of nitrogens with zero attached hydrogens (tertiary/aromatic N) is 4. The molecule has 0 fully saturated rings. The zero-order valence-electron chi connectivity index (χ0n) is 19.8. The molecule has 34 heavy (non-hydrogen) atoms. The van der Waals surface area contributed by atoms with Crippen molar-refractivity contribution in [3.8, 4) is 27.5 Å². The number of halogens is 1. The quantitative estimate of drug-likeness (QED) is 0.276. The fraction of sp³-hybridized carbons (Fsp3) is 0.280. The van der Waals surface area contributed by atoms with Crippen molar-refractivity contribution in [3.05, 3.63) is 63.7 Å². The molecule has 3 heterocycles. The van der Waals surface area contributed by atoms with Crippen LogP contribution in [0.3, 0.4) is 0 Å². The number of thiazole rings is 1. The highest BCUT2D eigenvalue weighted by Gasteiger charge is 2.27. The zero-order chi connectivity index (χ0) is 24.7. The molecule has 0 aliphatic rings. The minimum absolute atomic E-state index is 0.0937. The minimum Gasteiger partial charge on any atom is -0.476 e. The van der Waals surface area contributed by atoms with Crippen LogP contribution in [-0.4, -0.2) is 36.1 Å². The van der Waals surface area contributed by atoms with Crippen molar-refractivity contribution < 1.29 is 9.90 Å². The molecular formula is C25H25ClN4O2S2. The van der Waals surface area contributed by atoms with Crippen molar-refractivity contribution in [1.29, 1.82) is 0 Å². The summed E-state index contributed by atoms with van der Waals surface area (Å²) < 4.78 is 2.47. The second-order valence-electron chi connectivity index (χ2n) is 8.43. The van der Waals surface area contributed by atoms with E-state index in [1.54, 1.807) is 11.8 Å². The third-order valence-electron chi connectivity index (χ3n) is 5.17. The molecule has 0 amide bonds. The number of aromatic carboxylic acids is 1. The average Bonchev–Trinajstić information content (AvgIpc) is 3.30. The molecule has 0 aliphatic heterocycles. The van der Waals surface area contributed by atoms with Gasteiger partial charge in [0.15, 0.2) is 5.69 Å². The first-order valence-corrected chi connectivity index (χ1v) is 12.9. The van der Waals surface area contributed by atoms with Crippen LogP contribution >= 0.6 is 34.7 Å². The van der Waals surface area contributed by atoms with Crippen molar-refractivity contribution in [2.75, 3.05) is 0 Å². The first-order valence-electron chi connectivity index (χ1n) is 10.8. The van der Waals surface area contributed by atoms with Crippen molar-refractivity contribution in [3.63, 3.8) is 0 Å². The Morgan fingerprint density at radius 3 is 2.32 bits per heavy atom. The Balaban J connectivity index is 1.93. The first-order chi connectivity index (χ1) is 16.0. The fourth-order valence-electron chi connectivity index (χ4n) is 3.84. The van der Waals surface area contributed by atoms with Crippen molar-refractivity contribution in [2.24, 2.45) is 0 Å². The SMILES string of the molecule is Cc1cc(-c2c(C)nn(-c3nc(-c4ccc(Cl)c(C)c4)c(SC(C)C)s3)c2C(=O)O)cc(C)n1. The zero-order valence-corrected chi connectivity index (χ0v) is 22.2. The fourth-order valence-corrected chi connectivity index (χ4v) is 6.44. The summed E-state index contributed by atoms with van der Waals surface area (Å²) in [7, 11) is 0. The highest BCUT2D eigenvalue weighted by Crippen LogP contribution is 2.41. The van der Waals surface area contributed by atoms with E-state index in [1.165, 1.54) is 16.0 Å². The van der Waals surface area contributed by atoms with E-state index in [0.717, 1.165) is 38.0 Å². The van der Waals surface area contributed by atoms with E-state index >= 15 is 0 Å². The number of carbonyl (C=O) groups is 1. The van der Waals surface area contributed by atoms with Gasteiger partial charge in [-0.05, 0) is 63.1 Å². The molecular weight excluding hydrogens is 488 g/mol. The first kappa shape index (κ1) is 24.4. The molecule has 0 saturated heterocycles. The number of rotatable bonds is 6. The monoisotopic (exact) mass is 512 g/mol. The predicted molar refractivity (Wildman–Crippen MR) is 140 cm³/mol. The molecule has 4 aromatic rings. The van der Waals surface area contributed by atoms with Gasteiger partial charge in [0.1, 0.15) is 0 Å². The van der Waals surface area contributed by atoms with E-state index in [0.29, 0.717) is 26.7 Å². The number of hydrogen-bond donors (Lipinski definition) is 1. The molecule has 0 atom stereocenters. The molecule has 6 nitrogen and oxygen atoms in total. The van der Waals surface area contributed by atoms with Gasteiger partial charge >= 0.3 is 5.97 Å². The Morgan fingerprint density at radius 2 is 1.74 bits per heavy atom. The van der Waals surface area contributed by atoms with E-state index in [4.69, 9.17) is 16.6 Å². The summed E-state index contributed by atoms with van der Waals surface area (Å²) in [6.07, 6.45) is 0. The maximum atomic E-state index is 12.5. The van der Waals surface area contributed by atoms with Crippen LogP contribution < -0.4 is 0 Å². The molecule has 4 rings (SSSR count). The summed E-state index contributed by atoms with van der Waals surface area (Å²) >= 11 is 9.38. The van der Waals surface area contributed by atoms with E-state index < -0.39 is 5.97 Å². The Labute approximate surface area is 212 Å². The summed E-state index contributed by atoms with van der Waals surface area (Å²) in [5.41, 5.74) is 6.43. The summed E-state index contributed by atoms with van der Waals surface area (Å²) in [6.45, 7) is 11.8. The Kier molecular flexibility index (Phi) is 6.85. The van der Waals surface area contributed by atoms with Gasteiger partial charge < -0.3 is 5.11 Å². The van der Waals surface area contributed by atoms with E-state index in [-0.39, 0.29) is 5.69 Å². The van der Waals surface area contributed by atoms with Gasteiger partial charge in [0, 0.05) is 32.8 Å². The second kappa shape index (κ2) is 9.52. The number of benzene rings is 1. The normalized spacial score (nSPS) is 11.4. The summed E-state index contributed by atoms with van der Waals surface area (Å²) in [5, 5.41) is 16.4. The van der Waals surface area contributed by atoms with Gasteiger partial charge in [-0.1, -0.05) is 42.9 Å². The highest BCUT2D eigenvalue weighted by molar-refractivity contribution is 8.01. The van der Waals surface area contributed by atoms with Crippen molar-refractivity contribution in [2.45, 2.75) is 51.0 Å². The predicted octanol–water partition coefficient (Wildman–Crippen LogP) is 7.14. The average molecular weight is 513 g/mol. The van der Waals surface area contributed by atoms with E-state index in [1.807, 2.05) is 58.0 Å². The minimum atomic E-state index is -1.06. The number of aryl methyl sites for hydroxylation is 4. The molecule has 1 N–H and O–H groups in total. The van der Waals surface area contributed by atoms with Crippen LogP contribution in [0.2, 0.25) is 5.02 Å². The molecule has 9 heteroatoms. The number of carboxylic acids is 1. The lowest BCUT2D eigenvalue weighted by Gasteiger charge is -2.06. The summed E-state index contributed by atoms with van der Waals surface area (Å²) in [4.78, 5) is 21.8. The van der Waals surface area contributed by atoms with Gasteiger partial charge in [-0.3, -0.25) is 4.98 Å². The van der Waals surface area contributed by atoms with Crippen LogP contribution in [0.15, 0.2) is 34.5 Å². The number of pyridine rings is 1. The highest BCUT2D eigenvalue weighted by atomic mass is 35.5. The molecule has 0 bridgehead atoms. The van der Waals surface area contributed by atoms with Crippen LogP contribution in [0.5, 0.6) is 0 Å². The van der Waals surface area contributed by atoms with Gasteiger partial charge in [0.25, 0.3) is 0 Å². The van der Waals surface area contributed by atoms with Crippen LogP contribution in [0.25, 0.3) is 27.5 Å². The maximum absolute atomic E-state index is 12.5. The number of thioether (sulfide) groups is 1. The largest absolute Gasteiger partial charge is 0.476 e. The Bertz CT molecular complexity index is 1390. The number of hydrogen-bond acceptors (Lipinski definition) is 6. The standard InChI is InChI=1S/C25H25ClN4O2S2/c1-12(2)33-24-21(17-7-8-19(26)13(3)9-17)28-25(34-24)30-22(23(31)32)20(16(6)29-30)18-10-14(4)27-15(5)11-18/h7-12H,1-6H3,(H,31,32). The van der Waals surface area contributed by atoms with Crippen molar-refractivity contribution >= 4 is 40.7 Å². The van der Waals surface area contributed by atoms with Crippen LogP contribution in [0.4, 0.5) is 0 Å². The van der Waals surface area contributed by atoms with Gasteiger partial charge in [0.2, 0.25) is 5.13 Å². The van der Waals surface area contributed by atoms with Crippen LogP contribution in [-0.2, 0) is 0 Å². The van der Waals surface area contributed by atoms with Gasteiger partial charge in [-0.25, -0.2) is 9.78 Å². The van der Waals surface area contributed by atoms with Gasteiger partial charge in [0.05, 0.1) is 15.6 Å². The van der Waals surface area contributed by atoms with Crippen molar-refractivity contribution in [1.82, 2.24) is 19.7 Å². The molecule has 176 valence electrons. The third-order valence-corrected chi connectivity index (χ3v) is 7.84. The Hall–Kier alpha value is -2.68. The number of aromatic nitrogens is 4. The molecule has 0 saturated carbocycles. The lowest BCUT2D eigenvalue weighted by atomic mass is 10.0. The number of carboxylic acid groups (broad SMARTS) is 1. The smallest absolute Gasteiger partial charge is 0.355 e. The molecule has 0 unspecified atom stereocenters. The van der Waals surface area contributed by atoms with E-state index in [2.05, 4.69) is 23.9 Å². The topological polar surface area (TPSA) is 80.9 Å². The molecule has 0 spiro atoms. The molecule has 3 aromatic heterocycles. The Morgan fingerprint density at radius 1 is 1.06 bits per heavy atom. The maximum Gasteiger partial charge on any atom is 0.355 e. The third kappa shape index (κ3) is 4.76. The second-order valence-corrected chi connectivity index (χ2v) is 11.7.